The Labute approximate surface area is 175 Å². The van der Waals surface area contributed by atoms with E-state index in [1.165, 1.54) is 17.0 Å². The standard InChI is InChI=1S/C24H24FN3O2/c1-3-28(2)24(30)20-12-10-19(15-21(20)25)16-6-8-17(9-7-16)22(29)13-11-18-5-4-14-27-23(18)26/h4-10,12,14-15H,3,11,13H2,1-2H3,(H2,26,27). The molecule has 0 radical (unpaired) electrons. The van der Waals surface area contributed by atoms with Crippen molar-refractivity contribution in [2.45, 2.75) is 19.8 Å². The molecule has 0 spiro atoms. The van der Waals surface area contributed by atoms with Gasteiger partial charge in [-0.3, -0.25) is 9.59 Å². The molecule has 2 aromatic carbocycles. The molecule has 0 unspecified atom stereocenters. The summed E-state index contributed by atoms with van der Waals surface area (Å²) in [5.41, 5.74) is 8.71. The third-order valence-electron chi connectivity index (χ3n) is 5.11. The van der Waals surface area contributed by atoms with Crippen LogP contribution in [0.2, 0.25) is 0 Å². The number of hydrogen-bond acceptors (Lipinski definition) is 4. The first-order chi connectivity index (χ1) is 14.4. The molecule has 6 heteroatoms. The minimum Gasteiger partial charge on any atom is -0.383 e. The van der Waals surface area contributed by atoms with E-state index < -0.39 is 5.82 Å². The number of carbonyl (C=O) groups excluding carboxylic acids is 2. The molecule has 0 fully saturated rings. The highest BCUT2D eigenvalue weighted by atomic mass is 19.1. The van der Waals surface area contributed by atoms with Crippen LogP contribution < -0.4 is 5.73 Å². The zero-order valence-electron chi connectivity index (χ0n) is 17.1. The van der Waals surface area contributed by atoms with Crippen molar-refractivity contribution in [3.05, 3.63) is 83.3 Å². The maximum atomic E-state index is 14.5. The zero-order chi connectivity index (χ0) is 21.7. The van der Waals surface area contributed by atoms with Gasteiger partial charge in [0.05, 0.1) is 5.56 Å². The number of rotatable bonds is 7. The lowest BCUT2D eigenvalue weighted by Gasteiger charge is -2.15. The molecule has 5 nitrogen and oxygen atoms in total. The third kappa shape index (κ3) is 4.71. The summed E-state index contributed by atoms with van der Waals surface area (Å²) in [7, 11) is 1.63. The summed E-state index contributed by atoms with van der Waals surface area (Å²) in [6, 6.07) is 15.2. The highest BCUT2D eigenvalue weighted by Crippen LogP contribution is 2.24. The van der Waals surface area contributed by atoms with Crippen LogP contribution in [0.15, 0.2) is 60.8 Å². The number of hydrogen-bond donors (Lipinski definition) is 1. The van der Waals surface area contributed by atoms with Crippen molar-refractivity contribution in [1.82, 2.24) is 9.88 Å². The summed E-state index contributed by atoms with van der Waals surface area (Å²) < 4.78 is 14.5. The Hall–Kier alpha value is -3.54. The van der Waals surface area contributed by atoms with Gasteiger partial charge in [0.1, 0.15) is 11.6 Å². The predicted molar refractivity (Wildman–Crippen MR) is 116 cm³/mol. The number of halogens is 1. The van der Waals surface area contributed by atoms with Gasteiger partial charge in [-0.05, 0) is 48.2 Å². The lowest BCUT2D eigenvalue weighted by molar-refractivity contribution is 0.0797. The number of nitrogens with two attached hydrogens (primary N) is 1. The molecule has 0 saturated carbocycles. The van der Waals surface area contributed by atoms with Crippen molar-refractivity contribution in [2.24, 2.45) is 0 Å². The molecule has 0 saturated heterocycles. The molecule has 3 aromatic rings. The van der Waals surface area contributed by atoms with E-state index in [2.05, 4.69) is 4.98 Å². The number of anilines is 1. The quantitative estimate of drug-likeness (QED) is 0.592. The summed E-state index contributed by atoms with van der Waals surface area (Å²) in [6.07, 6.45) is 2.46. The van der Waals surface area contributed by atoms with Gasteiger partial charge in [0.25, 0.3) is 5.91 Å². The van der Waals surface area contributed by atoms with E-state index in [4.69, 9.17) is 5.73 Å². The topological polar surface area (TPSA) is 76.3 Å². The molecule has 0 aliphatic rings. The van der Waals surface area contributed by atoms with Crippen LogP contribution in [0.25, 0.3) is 11.1 Å². The van der Waals surface area contributed by atoms with Crippen molar-refractivity contribution < 1.29 is 14.0 Å². The average molecular weight is 405 g/mol. The van der Waals surface area contributed by atoms with E-state index in [0.717, 1.165) is 11.1 Å². The number of nitrogens with zero attached hydrogens (tertiary/aromatic N) is 2. The van der Waals surface area contributed by atoms with Gasteiger partial charge in [-0.25, -0.2) is 9.37 Å². The predicted octanol–water partition coefficient (Wildman–Crippen LogP) is 4.38. The first-order valence-corrected chi connectivity index (χ1v) is 9.78. The number of pyridine rings is 1. The van der Waals surface area contributed by atoms with E-state index in [-0.39, 0.29) is 17.3 Å². The summed E-state index contributed by atoms with van der Waals surface area (Å²) in [5.74, 6) is -0.474. The minimum absolute atomic E-state index is 0.000434. The molecule has 0 aliphatic carbocycles. The Balaban J connectivity index is 1.71. The van der Waals surface area contributed by atoms with Crippen LogP contribution in [0.5, 0.6) is 0 Å². The molecule has 0 atom stereocenters. The normalized spacial score (nSPS) is 10.6. The molecule has 30 heavy (non-hydrogen) atoms. The van der Waals surface area contributed by atoms with Gasteiger partial charge in [0.2, 0.25) is 0 Å². The Morgan fingerprint density at radius 1 is 1.07 bits per heavy atom. The molecule has 154 valence electrons. The van der Waals surface area contributed by atoms with Crippen LogP contribution in [-0.4, -0.2) is 35.2 Å². The molecule has 1 amide bonds. The highest BCUT2D eigenvalue weighted by Gasteiger charge is 2.16. The van der Waals surface area contributed by atoms with Crippen molar-refractivity contribution in [3.63, 3.8) is 0 Å². The Kier molecular flexibility index (Phi) is 6.57. The molecule has 1 aromatic heterocycles. The highest BCUT2D eigenvalue weighted by molar-refractivity contribution is 5.97. The van der Waals surface area contributed by atoms with Crippen LogP contribution in [0, 0.1) is 5.82 Å². The fourth-order valence-electron chi connectivity index (χ4n) is 3.12. The van der Waals surface area contributed by atoms with Gasteiger partial charge in [-0.2, -0.15) is 0 Å². The Morgan fingerprint density at radius 3 is 2.40 bits per heavy atom. The van der Waals surface area contributed by atoms with Gasteiger partial charge in [-0.15, -0.1) is 0 Å². The fourth-order valence-corrected chi connectivity index (χ4v) is 3.12. The van der Waals surface area contributed by atoms with Gasteiger partial charge < -0.3 is 10.6 Å². The number of ketones is 1. The van der Waals surface area contributed by atoms with Crippen LogP contribution in [0.1, 0.15) is 39.6 Å². The average Bonchev–Trinajstić information content (AvgIpc) is 2.77. The second kappa shape index (κ2) is 9.31. The number of nitrogen functional groups attached to an aromatic ring is 1. The molecule has 3 rings (SSSR count). The number of Topliss-reactive ketones (excluding diaryl/α,β-unsaturated/α-hetero) is 1. The smallest absolute Gasteiger partial charge is 0.256 e. The second-order valence-corrected chi connectivity index (χ2v) is 7.06. The first kappa shape index (κ1) is 21.2. The molecule has 1 heterocycles. The van der Waals surface area contributed by atoms with Crippen molar-refractivity contribution >= 4 is 17.5 Å². The number of benzene rings is 2. The van der Waals surface area contributed by atoms with Crippen LogP contribution >= 0.6 is 0 Å². The van der Waals surface area contributed by atoms with E-state index in [1.807, 2.05) is 13.0 Å². The van der Waals surface area contributed by atoms with E-state index in [1.54, 1.807) is 49.6 Å². The van der Waals surface area contributed by atoms with E-state index >= 15 is 0 Å². The van der Waals surface area contributed by atoms with Crippen LogP contribution in [-0.2, 0) is 6.42 Å². The maximum absolute atomic E-state index is 14.5. The van der Waals surface area contributed by atoms with Crippen LogP contribution in [0.4, 0.5) is 10.2 Å². The summed E-state index contributed by atoms with van der Waals surface area (Å²) in [6.45, 7) is 2.33. The molecule has 0 bridgehead atoms. The largest absolute Gasteiger partial charge is 0.383 e. The molecule has 2 N–H and O–H groups in total. The van der Waals surface area contributed by atoms with Gasteiger partial charge >= 0.3 is 0 Å². The van der Waals surface area contributed by atoms with Gasteiger partial charge in [-0.1, -0.05) is 36.4 Å². The summed E-state index contributed by atoms with van der Waals surface area (Å²) in [4.78, 5) is 30.1. The van der Waals surface area contributed by atoms with Crippen molar-refractivity contribution in [2.75, 3.05) is 19.3 Å². The summed E-state index contributed by atoms with van der Waals surface area (Å²) >= 11 is 0. The van der Waals surface area contributed by atoms with Crippen LogP contribution in [0.3, 0.4) is 0 Å². The van der Waals surface area contributed by atoms with Gasteiger partial charge in [0.15, 0.2) is 5.78 Å². The first-order valence-electron chi connectivity index (χ1n) is 9.78. The molecular formula is C24H24FN3O2. The van der Waals surface area contributed by atoms with Gasteiger partial charge in [0, 0.05) is 31.8 Å². The minimum atomic E-state index is -0.563. The Morgan fingerprint density at radius 2 is 1.77 bits per heavy atom. The number of carbonyl (C=O) groups is 2. The van der Waals surface area contributed by atoms with E-state index in [9.17, 15) is 14.0 Å². The second-order valence-electron chi connectivity index (χ2n) is 7.06. The van der Waals surface area contributed by atoms with Crippen molar-refractivity contribution in [1.29, 1.82) is 0 Å². The molecular weight excluding hydrogens is 381 g/mol. The zero-order valence-corrected chi connectivity index (χ0v) is 17.1. The fraction of sp³-hybridized carbons (Fsp3) is 0.208. The lowest BCUT2D eigenvalue weighted by atomic mass is 9.98. The lowest BCUT2D eigenvalue weighted by Crippen LogP contribution is -2.27. The molecule has 0 aliphatic heterocycles. The van der Waals surface area contributed by atoms with E-state index in [0.29, 0.717) is 36.3 Å². The SMILES string of the molecule is CCN(C)C(=O)c1ccc(-c2ccc(C(=O)CCc3cccnc3N)cc2)cc1F. The number of amides is 1. The maximum Gasteiger partial charge on any atom is 0.256 e. The summed E-state index contributed by atoms with van der Waals surface area (Å²) in [5, 5.41) is 0. The number of aromatic nitrogens is 1. The third-order valence-corrected chi connectivity index (χ3v) is 5.11. The van der Waals surface area contributed by atoms with Crippen molar-refractivity contribution in [3.8, 4) is 11.1 Å². The monoisotopic (exact) mass is 405 g/mol. The Bertz CT molecular complexity index is 1060. The number of aryl methyl sites for hydroxylation is 1.